The van der Waals surface area contributed by atoms with Crippen LogP contribution < -0.4 is 5.56 Å². The number of nitrogens with zero attached hydrogens (tertiary/aromatic N) is 3. The van der Waals surface area contributed by atoms with E-state index in [1.54, 1.807) is 22.8 Å². The van der Waals surface area contributed by atoms with Gasteiger partial charge in [-0.05, 0) is 29.5 Å². The lowest BCUT2D eigenvalue weighted by Gasteiger charge is -2.31. The number of oxime groups is 1. The van der Waals surface area contributed by atoms with Crippen LogP contribution in [0.2, 0.25) is 0 Å². The van der Waals surface area contributed by atoms with Gasteiger partial charge in [-0.3, -0.25) is 9.36 Å². The molecular formula is C15H17N3O2. The quantitative estimate of drug-likeness (QED) is 0.491. The first-order valence-electron chi connectivity index (χ1n) is 6.71. The third-order valence-corrected chi connectivity index (χ3v) is 3.88. The average molecular weight is 271 g/mol. The minimum absolute atomic E-state index is 0.0188. The zero-order valence-electron chi connectivity index (χ0n) is 11.6. The first-order chi connectivity index (χ1) is 9.50. The van der Waals surface area contributed by atoms with E-state index < -0.39 is 0 Å². The van der Waals surface area contributed by atoms with E-state index in [0.717, 1.165) is 24.2 Å². The summed E-state index contributed by atoms with van der Waals surface area (Å²) in [4.78, 5) is 17.2. The number of aromatic nitrogens is 2. The maximum absolute atomic E-state index is 12.6. The van der Waals surface area contributed by atoms with Crippen molar-refractivity contribution >= 4 is 17.1 Å². The average Bonchev–Trinajstić information content (AvgIpc) is 2.40. The summed E-state index contributed by atoms with van der Waals surface area (Å²) < 4.78 is 1.80. The Hall–Kier alpha value is -2.17. The Morgan fingerprint density at radius 2 is 2.25 bits per heavy atom. The van der Waals surface area contributed by atoms with Gasteiger partial charge in [-0.25, -0.2) is 4.98 Å². The van der Waals surface area contributed by atoms with E-state index >= 15 is 0 Å². The molecule has 0 atom stereocenters. The molecule has 1 N–H and O–H groups in total. The molecule has 5 heteroatoms. The van der Waals surface area contributed by atoms with Crippen LogP contribution in [0.15, 0.2) is 28.1 Å². The number of rotatable bonds is 1. The number of aryl methyl sites for hydroxylation is 1. The van der Waals surface area contributed by atoms with Crippen molar-refractivity contribution in [2.45, 2.75) is 33.2 Å². The molecule has 0 radical (unpaired) electrons. The predicted molar refractivity (Wildman–Crippen MR) is 77.5 cm³/mol. The largest absolute Gasteiger partial charge is 0.411 e. The molecule has 0 spiro atoms. The SMILES string of the molecule is CC1(C)CCc2nc3cc(/C=N/O)ccc3c(=O)n2C1. The molecular weight excluding hydrogens is 254 g/mol. The van der Waals surface area contributed by atoms with Crippen LogP contribution in [0.4, 0.5) is 0 Å². The van der Waals surface area contributed by atoms with Crippen LogP contribution >= 0.6 is 0 Å². The summed E-state index contributed by atoms with van der Waals surface area (Å²) in [5.74, 6) is 0.847. The highest BCUT2D eigenvalue weighted by atomic mass is 16.4. The molecule has 0 bridgehead atoms. The second-order valence-electron chi connectivity index (χ2n) is 6.10. The topological polar surface area (TPSA) is 67.5 Å². The van der Waals surface area contributed by atoms with Crippen molar-refractivity contribution in [1.29, 1.82) is 0 Å². The van der Waals surface area contributed by atoms with Gasteiger partial charge in [0.1, 0.15) is 5.82 Å². The summed E-state index contributed by atoms with van der Waals surface area (Å²) in [5, 5.41) is 12.2. The minimum Gasteiger partial charge on any atom is -0.411 e. The van der Waals surface area contributed by atoms with E-state index in [9.17, 15) is 4.79 Å². The molecule has 3 rings (SSSR count). The number of hydrogen-bond acceptors (Lipinski definition) is 4. The Kier molecular flexibility index (Phi) is 2.85. The molecule has 1 aromatic carbocycles. The lowest BCUT2D eigenvalue weighted by Crippen LogP contribution is -2.36. The second kappa shape index (κ2) is 4.44. The second-order valence-corrected chi connectivity index (χ2v) is 6.10. The Balaban J connectivity index is 2.23. The third-order valence-electron chi connectivity index (χ3n) is 3.88. The van der Waals surface area contributed by atoms with E-state index in [1.165, 1.54) is 6.21 Å². The first-order valence-corrected chi connectivity index (χ1v) is 6.71. The van der Waals surface area contributed by atoms with Gasteiger partial charge in [0.2, 0.25) is 0 Å². The summed E-state index contributed by atoms with van der Waals surface area (Å²) in [6, 6.07) is 5.28. The molecule has 0 saturated carbocycles. The molecule has 1 aliphatic heterocycles. The fourth-order valence-electron chi connectivity index (χ4n) is 2.74. The monoisotopic (exact) mass is 271 g/mol. The molecule has 1 aromatic heterocycles. The highest BCUT2D eigenvalue weighted by molar-refractivity contribution is 5.87. The Bertz CT molecular complexity index is 760. The number of fused-ring (bicyclic) bond motifs is 2. The molecule has 0 unspecified atom stereocenters. The summed E-state index contributed by atoms with van der Waals surface area (Å²) in [6.45, 7) is 5.06. The Morgan fingerprint density at radius 3 is 3.00 bits per heavy atom. The lowest BCUT2D eigenvalue weighted by atomic mass is 9.85. The fourth-order valence-corrected chi connectivity index (χ4v) is 2.74. The molecule has 0 fully saturated rings. The first kappa shape index (κ1) is 12.8. The molecule has 1 aliphatic rings. The van der Waals surface area contributed by atoms with Crippen molar-refractivity contribution in [1.82, 2.24) is 9.55 Å². The van der Waals surface area contributed by atoms with Crippen LogP contribution in [0.5, 0.6) is 0 Å². The molecule has 2 aromatic rings. The standard InChI is InChI=1S/C15H17N3O2/c1-15(2)6-5-13-17-12-7-10(8-16-20)3-4-11(12)14(19)18(13)9-15/h3-4,7-8,20H,5-6,9H2,1-2H3/b16-8+. The molecule has 104 valence electrons. The summed E-state index contributed by atoms with van der Waals surface area (Å²) in [5.41, 5.74) is 1.55. The van der Waals surface area contributed by atoms with Crippen LogP contribution in [0, 0.1) is 5.41 Å². The van der Waals surface area contributed by atoms with Crippen LogP contribution in [-0.4, -0.2) is 21.0 Å². The van der Waals surface area contributed by atoms with Crippen molar-refractivity contribution in [2.75, 3.05) is 0 Å². The van der Waals surface area contributed by atoms with E-state index in [2.05, 4.69) is 24.0 Å². The zero-order valence-corrected chi connectivity index (χ0v) is 11.6. The molecule has 2 heterocycles. The predicted octanol–water partition coefficient (Wildman–Crippen LogP) is 2.18. The van der Waals surface area contributed by atoms with Crippen molar-refractivity contribution in [3.8, 4) is 0 Å². The van der Waals surface area contributed by atoms with Gasteiger partial charge in [-0.15, -0.1) is 0 Å². The van der Waals surface area contributed by atoms with Crippen LogP contribution in [0.1, 0.15) is 31.7 Å². The fraction of sp³-hybridized carbons (Fsp3) is 0.400. The van der Waals surface area contributed by atoms with Gasteiger partial charge in [-0.1, -0.05) is 25.1 Å². The van der Waals surface area contributed by atoms with E-state index in [0.29, 0.717) is 17.4 Å². The summed E-state index contributed by atoms with van der Waals surface area (Å²) in [7, 11) is 0. The van der Waals surface area contributed by atoms with Gasteiger partial charge in [0.15, 0.2) is 0 Å². The van der Waals surface area contributed by atoms with E-state index in [1.807, 2.05) is 0 Å². The number of hydrogen-bond donors (Lipinski definition) is 1. The maximum Gasteiger partial charge on any atom is 0.261 e. The van der Waals surface area contributed by atoms with Gasteiger partial charge in [-0.2, -0.15) is 0 Å². The van der Waals surface area contributed by atoms with Crippen LogP contribution in [0.3, 0.4) is 0 Å². The van der Waals surface area contributed by atoms with Crippen molar-refractivity contribution in [2.24, 2.45) is 10.6 Å². The Morgan fingerprint density at radius 1 is 1.45 bits per heavy atom. The third kappa shape index (κ3) is 2.09. The van der Waals surface area contributed by atoms with Crippen molar-refractivity contribution < 1.29 is 5.21 Å². The normalized spacial score (nSPS) is 17.5. The summed E-state index contributed by atoms with van der Waals surface area (Å²) in [6.07, 6.45) is 3.18. The van der Waals surface area contributed by atoms with Gasteiger partial charge in [0, 0.05) is 13.0 Å². The molecule has 0 aliphatic carbocycles. The van der Waals surface area contributed by atoms with Crippen molar-refractivity contribution in [3.05, 3.63) is 39.9 Å². The van der Waals surface area contributed by atoms with Crippen LogP contribution in [0.25, 0.3) is 10.9 Å². The summed E-state index contributed by atoms with van der Waals surface area (Å²) >= 11 is 0. The van der Waals surface area contributed by atoms with Gasteiger partial charge >= 0.3 is 0 Å². The minimum atomic E-state index is 0.0188. The molecule has 0 amide bonds. The molecule has 0 saturated heterocycles. The van der Waals surface area contributed by atoms with Crippen LogP contribution in [-0.2, 0) is 13.0 Å². The lowest BCUT2D eigenvalue weighted by molar-refractivity contribution is 0.240. The molecule has 20 heavy (non-hydrogen) atoms. The Labute approximate surface area is 116 Å². The maximum atomic E-state index is 12.6. The zero-order chi connectivity index (χ0) is 14.3. The highest BCUT2D eigenvalue weighted by Gasteiger charge is 2.27. The van der Waals surface area contributed by atoms with E-state index in [4.69, 9.17) is 5.21 Å². The molecule has 5 nitrogen and oxygen atoms in total. The van der Waals surface area contributed by atoms with E-state index in [-0.39, 0.29) is 11.0 Å². The number of benzene rings is 1. The van der Waals surface area contributed by atoms with Gasteiger partial charge in [0.25, 0.3) is 5.56 Å². The van der Waals surface area contributed by atoms with Crippen molar-refractivity contribution in [3.63, 3.8) is 0 Å². The van der Waals surface area contributed by atoms with Gasteiger partial charge < -0.3 is 5.21 Å². The highest BCUT2D eigenvalue weighted by Crippen LogP contribution is 2.29. The smallest absolute Gasteiger partial charge is 0.261 e. The van der Waals surface area contributed by atoms with Gasteiger partial charge in [0.05, 0.1) is 17.1 Å².